The molecule has 1 atom stereocenters. The minimum absolute atomic E-state index is 0.345. The molecule has 15 heavy (non-hydrogen) atoms. The van der Waals surface area contributed by atoms with Crippen molar-refractivity contribution in [1.82, 2.24) is 10.2 Å². The Morgan fingerprint density at radius 1 is 1.53 bits per heavy atom. The molecule has 0 spiro atoms. The normalized spacial score (nSPS) is 20.1. The van der Waals surface area contributed by atoms with Crippen LogP contribution in [0, 0.1) is 0 Å². The first-order valence-corrected chi connectivity index (χ1v) is 6.35. The van der Waals surface area contributed by atoms with Crippen LogP contribution in [0.25, 0.3) is 0 Å². The molecule has 1 heterocycles. The highest BCUT2D eigenvalue weighted by atomic mass is 32.2. The van der Waals surface area contributed by atoms with Gasteiger partial charge in [-0.2, -0.15) is 11.8 Å². The molecule has 0 amide bonds. The Labute approximate surface area is 94.4 Å². The fraction of sp³-hybridized carbons (Fsp3) is 0.889. The van der Waals surface area contributed by atoms with Crippen LogP contribution in [-0.4, -0.2) is 66.2 Å². The zero-order chi connectivity index (χ0) is 11.1. The second kappa shape index (κ2) is 7.05. The fourth-order valence-corrected chi connectivity index (χ4v) is 2.39. The van der Waals surface area contributed by atoms with Crippen molar-refractivity contribution in [2.75, 3.05) is 44.2 Å². The minimum Gasteiger partial charge on any atom is -0.480 e. The van der Waals surface area contributed by atoms with Gasteiger partial charge in [0.1, 0.15) is 6.04 Å². The molecular formula is C9H19N3O2S. The van der Waals surface area contributed by atoms with Crippen LogP contribution < -0.4 is 11.1 Å². The third-order valence-electron chi connectivity index (χ3n) is 2.39. The van der Waals surface area contributed by atoms with Crippen LogP contribution in [0.5, 0.6) is 0 Å². The summed E-state index contributed by atoms with van der Waals surface area (Å²) in [5.41, 5.74) is 5.36. The van der Waals surface area contributed by atoms with Crippen LogP contribution in [0.1, 0.15) is 0 Å². The summed E-state index contributed by atoms with van der Waals surface area (Å²) >= 11 is 1.99. The Morgan fingerprint density at radius 2 is 2.20 bits per heavy atom. The van der Waals surface area contributed by atoms with Crippen molar-refractivity contribution in [3.63, 3.8) is 0 Å². The van der Waals surface area contributed by atoms with Crippen LogP contribution in [-0.2, 0) is 4.79 Å². The molecule has 0 aromatic carbocycles. The molecule has 4 N–H and O–H groups in total. The molecule has 1 aliphatic rings. The number of nitrogens with zero attached hydrogens (tertiary/aromatic N) is 1. The average Bonchev–Trinajstić information content (AvgIpc) is 2.25. The van der Waals surface area contributed by atoms with E-state index in [4.69, 9.17) is 10.8 Å². The lowest BCUT2D eigenvalue weighted by Crippen LogP contribution is -2.43. The number of hydrogen-bond acceptors (Lipinski definition) is 5. The highest BCUT2D eigenvalue weighted by Crippen LogP contribution is 2.07. The summed E-state index contributed by atoms with van der Waals surface area (Å²) in [5, 5.41) is 11.6. The number of carbonyl (C=O) groups is 1. The maximum absolute atomic E-state index is 10.4. The molecule has 6 heteroatoms. The molecule has 0 saturated carbocycles. The quantitative estimate of drug-likeness (QED) is 0.513. The van der Waals surface area contributed by atoms with Gasteiger partial charge in [-0.1, -0.05) is 0 Å². The predicted octanol–water partition coefficient (Wildman–Crippen LogP) is -0.963. The first-order chi connectivity index (χ1) is 7.20. The molecule has 1 aliphatic heterocycles. The van der Waals surface area contributed by atoms with Crippen molar-refractivity contribution in [2.45, 2.75) is 6.04 Å². The lowest BCUT2D eigenvalue weighted by molar-refractivity contribution is -0.138. The predicted molar refractivity (Wildman–Crippen MR) is 62.2 cm³/mol. The molecule has 0 aromatic rings. The maximum atomic E-state index is 10.4. The highest BCUT2D eigenvalue weighted by Gasteiger charge is 2.11. The monoisotopic (exact) mass is 233 g/mol. The van der Waals surface area contributed by atoms with Crippen molar-refractivity contribution in [3.05, 3.63) is 0 Å². The summed E-state index contributed by atoms with van der Waals surface area (Å²) in [6.45, 7) is 4.41. The van der Waals surface area contributed by atoms with Gasteiger partial charge in [-0.05, 0) is 0 Å². The number of nitrogens with one attached hydrogen (secondary N) is 1. The molecule has 1 unspecified atom stereocenters. The van der Waals surface area contributed by atoms with Crippen molar-refractivity contribution >= 4 is 17.7 Å². The zero-order valence-corrected chi connectivity index (χ0v) is 9.63. The van der Waals surface area contributed by atoms with E-state index >= 15 is 0 Å². The van der Waals surface area contributed by atoms with Gasteiger partial charge in [0.25, 0.3) is 0 Å². The van der Waals surface area contributed by atoms with Crippen molar-refractivity contribution in [3.8, 4) is 0 Å². The second-order valence-electron chi connectivity index (χ2n) is 3.60. The minimum atomic E-state index is -0.947. The third kappa shape index (κ3) is 5.36. The molecule has 0 aromatic heterocycles. The summed E-state index contributed by atoms with van der Waals surface area (Å²) < 4.78 is 0. The first-order valence-electron chi connectivity index (χ1n) is 5.19. The van der Waals surface area contributed by atoms with Gasteiger partial charge in [0.15, 0.2) is 0 Å². The number of rotatable bonds is 6. The van der Waals surface area contributed by atoms with Crippen LogP contribution in [0.3, 0.4) is 0 Å². The number of aliphatic carboxylic acids is 1. The largest absolute Gasteiger partial charge is 0.480 e. The van der Waals surface area contributed by atoms with E-state index < -0.39 is 12.0 Å². The summed E-state index contributed by atoms with van der Waals surface area (Å²) in [7, 11) is 0. The number of thioether (sulfide) groups is 1. The fourth-order valence-electron chi connectivity index (χ4n) is 1.41. The van der Waals surface area contributed by atoms with Crippen LogP contribution in [0.15, 0.2) is 0 Å². The molecule has 1 saturated heterocycles. The Balaban J connectivity index is 1.98. The topological polar surface area (TPSA) is 78.6 Å². The summed E-state index contributed by atoms with van der Waals surface area (Å²) in [6.07, 6.45) is 0. The van der Waals surface area contributed by atoms with Gasteiger partial charge in [0.2, 0.25) is 0 Å². The molecule has 1 fully saturated rings. The van der Waals surface area contributed by atoms with Gasteiger partial charge in [-0.25, -0.2) is 0 Å². The summed E-state index contributed by atoms with van der Waals surface area (Å²) in [6, 6.07) is -0.790. The molecule has 0 aliphatic carbocycles. The van der Waals surface area contributed by atoms with E-state index in [1.807, 2.05) is 11.8 Å². The number of nitrogens with two attached hydrogens (primary N) is 1. The average molecular weight is 233 g/mol. The summed E-state index contributed by atoms with van der Waals surface area (Å²) in [4.78, 5) is 12.8. The Hall–Kier alpha value is -0.300. The molecule has 1 rings (SSSR count). The Kier molecular flexibility index (Phi) is 6.00. The van der Waals surface area contributed by atoms with E-state index in [2.05, 4.69) is 10.2 Å². The molecule has 5 nitrogen and oxygen atoms in total. The van der Waals surface area contributed by atoms with E-state index in [9.17, 15) is 4.79 Å². The van der Waals surface area contributed by atoms with Crippen molar-refractivity contribution < 1.29 is 9.90 Å². The molecule has 88 valence electrons. The van der Waals surface area contributed by atoms with Crippen LogP contribution in [0.2, 0.25) is 0 Å². The van der Waals surface area contributed by atoms with Gasteiger partial charge >= 0.3 is 5.97 Å². The van der Waals surface area contributed by atoms with E-state index in [0.29, 0.717) is 6.54 Å². The smallest absolute Gasteiger partial charge is 0.321 e. The van der Waals surface area contributed by atoms with Crippen LogP contribution in [0.4, 0.5) is 0 Å². The SMILES string of the molecule is NC(CNCCN1CCSCC1)C(=O)O. The Morgan fingerprint density at radius 3 is 2.80 bits per heavy atom. The standard InChI is InChI=1S/C9H19N3O2S/c10-8(9(13)14)7-11-1-2-12-3-5-15-6-4-12/h8,11H,1-7,10H2,(H,13,14). The van der Waals surface area contributed by atoms with Crippen LogP contribution >= 0.6 is 11.8 Å². The van der Waals surface area contributed by atoms with Gasteiger partial charge in [-0.3, -0.25) is 4.79 Å². The van der Waals surface area contributed by atoms with E-state index in [0.717, 1.165) is 26.2 Å². The van der Waals surface area contributed by atoms with E-state index in [1.165, 1.54) is 11.5 Å². The van der Waals surface area contributed by atoms with Crippen molar-refractivity contribution in [2.24, 2.45) is 5.73 Å². The molecule has 0 bridgehead atoms. The van der Waals surface area contributed by atoms with Crippen molar-refractivity contribution in [1.29, 1.82) is 0 Å². The molecular weight excluding hydrogens is 214 g/mol. The maximum Gasteiger partial charge on any atom is 0.321 e. The van der Waals surface area contributed by atoms with Gasteiger partial charge < -0.3 is 21.1 Å². The van der Waals surface area contributed by atoms with Gasteiger partial charge in [0.05, 0.1) is 0 Å². The summed E-state index contributed by atoms with van der Waals surface area (Å²) in [5.74, 6) is 1.46. The van der Waals surface area contributed by atoms with E-state index in [-0.39, 0.29) is 0 Å². The third-order valence-corrected chi connectivity index (χ3v) is 3.33. The first kappa shape index (κ1) is 12.8. The Bertz CT molecular complexity index is 198. The zero-order valence-electron chi connectivity index (χ0n) is 8.82. The second-order valence-corrected chi connectivity index (χ2v) is 4.83. The number of carboxylic acid groups (broad SMARTS) is 1. The lowest BCUT2D eigenvalue weighted by Gasteiger charge is -2.26. The van der Waals surface area contributed by atoms with E-state index in [1.54, 1.807) is 0 Å². The molecule has 0 radical (unpaired) electrons. The van der Waals surface area contributed by atoms with Gasteiger partial charge in [0, 0.05) is 44.2 Å². The lowest BCUT2D eigenvalue weighted by atomic mass is 10.3. The number of carboxylic acids is 1. The van der Waals surface area contributed by atoms with Gasteiger partial charge in [-0.15, -0.1) is 0 Å². The highest BCUT2D eigenvalue weighted by molar-refractivity contribution is 7.99. The number of hydrogen-bond donors (Lipinski definition) is 3.